The fraction of sp³-hybridized carbons (Fsp3) is 0.471. The highest BCUT2D eigenvalue weighted by molar-refractivity contribution is 5.84. The first kappa shape index (κ1) is 16.4. The predicted molar refractivity (Wildman–Crippen MR) is 89.2 cm³/mol. The standard InChI is InChI=1S/C17H22N4O3/c1-12(17(24)20-9-7-19(8-10-20)13(2)23)21-15-6-4-3-5-14(15)18-16(21)11-22/h3-6,12,22H,7-11H2,1-2H3. The van der Waals surface area contributed by atoms with E-state index < -0.39 is 6.04 Å². The first-order valence-electron chi connectivity index (χ1n) is 8.14. The molecule has 1 aliphatic rings. The molecule has 1 aliphatic heterocycles. The molecular weight excluding hydrogens is 308 g/mol. The molecule has 7 heteroatoms. The van der Waals surface area contributed by atoms with Crippen molar-refractivity contribution in [2.24, 2.45) is 0 Å². The van der Waals surface area contributed by atoms with Crippen LogP contribution in [0.5, 0.6) is 0 Å². The lowest BCUT2D eigenvalue weighted by Gasteiger charge is -2.35. The minimum absolute atomic E-state index is 0.0175. The summed E-state index contributed by atoms with van der Waals surface area (Å²) < 4.78 is 1.80. The molecule has 1 atom stereocenters. The number of aliphatic hydroxyl groups is 1. The van der Waals surface area contributed by atoms with E-state index in [2.05, 4.69) is 4.98 Å². The smallest absolute Gasteiger partial charge is 0.245 e. The van der Waals surface area contributed by atoms with Crippen LogP contribution < -0.4 is 0 Å². The minimum Gasteiger partial charge on any atom is -0.388 e. The average molecular weight is 330 g/mol. The fourth-order valence-corrected chi connectivity index (χ4v) is 3.25. The van der Waals surface area contributed by atoms with E-state index in [4.69, 9.17) is 0 Å². The van der Waals surface area contributed by atoms with Gasteiger partial charge in [0.2, 0.25) is 11.8 Å². The van der Waals surface area contributed by atoms with Gasteiger partial charge in [-0.05, 0) is 19.1 Å². The van der Waals surface area contributed by atoms with Gasteiger partial charge in [0.1, 0.15) is 18.5 Å². The summed E-state index contributed by atoms with van der Waals surface area (Å²) in [4.78, 5) is 32.2. The lowest BCUT2D eigenvalue weighted by molar-refractivity contribution is -0.140. The summed E-state index contributed by atoms with van der Waals surface area (Å²) in [5.41, 5.74) is 1.60. The Morgan fingerprint density at radius 3 is 2.42 bits per heavy atom. The fourth-order valence-electron chi connectivity index (χ4n) is 3.25. The number of piperazine rings is 1. The summed E-state index contributed by atoms with van der Waals surface area (Å²) in [5, 5.41) is 9.60. The molecule has 0 radical (unpaired) electrons. The van der Waals surface area contributed by atoms with Crippen molar-refractivity contribution in [3.05, 3.63) is 30.1 Å². The van der Waals surface area contributed by atoms with Gasteiger partial charge in [-0.3, -0.25) is 9.59 Å². The summed E-state index contributed by atoms with van der Waals surface area (Å²) in [6.07, 6.45) is 0. The third-order valence-electron chi connectivity index (χ3n) is 4.59. The number of hydrogen-bond donors (Lipinski definition) is 1. The number of rotatable bonds is 3. The monoisotopic (exact) mass is 330 g/mol. The molecule has 24 heavy (non-hydrogen) atoms. The molecule has 128 valence electrons. The molecule has 1 fully saturated rings. The highest BCUT2D eigenvalue weighted by Crippen LogP contribution is 2.23. The Bertz CT molecular complexity index is 762. The van der Waals surface area contributed by atoms with Crippen molar-refractivity contribution in [3.63, 3.8) is 0 Å². The lowest BCUT2D eigenvalue weighted by Crippen LogP contribution is -2.51. The number of carbonyl (C=O) groups excluding carboxylic acids is 2. The average Bonchev–Trinajstić information content (AvgIpc) is 2.99. The summed E-state index contributed by atoms with van der Waals surface area (Å²) in [5.74, 6) is 0.508. The van der Waals surface area contributed by atoms with Gasteiger partial charge in [0.15, 0.2) is 0 Å². The number of aliphatic hydroxyl groups excluding tert-OH is 1. The van der Waals surface area contributed by atoms with Gasteiger partial charge in [-0.15, -0.1) is 0 Å². The van der Waals surface area contributed by atoms with Gasteiger partial charge in [-0.25, -0.2) is 4.98 Å². The van der Waals surface area contributed by atoms with Crippen molar-refractivity contribution in [1.82, 2.24) is 19.4 Å². The zero-order valence-corrected chi connectivity index (χ0v) is 14.0. The number of para-hydroxylation sites is 2. The van der Waals surface area contributed by atoms with Crippen molar-refractivity contribution in [2.45, 2.75) is 26.5 Å². The van der Waals surface area contributed by atoms with Crippen LogP contribution in [0.25, 0.3) is 11.0 Å². The number of benzene rings is 1. The number of carbonyl (C=O) groups is 2. The van der Waals surface area contributed by atoms with E-state index in [0.29, 0.717) is 32.0 Å². The molecular formula is C17H22N4O3. The number of nitrogens with zero attached hydrogens (tertiary/aromatic N) is 4. The van der Waals surface area contributed by atoms with Gasteiger partial charge in [0, 0.05) is 33.1 Å². The second kappa shape index (κ2) is 6.60. The van der Waals surface area contributed by atoms with Gasteiger partial charge >= 0.3 is 0 Å². The van der Waals surface area contributed by atoms with Crippen LogP contribution in [0.4, 0.5) is 0 Å². The van der Waals surface area contributed by atoms with Crippen molar-refractivity contribution in [1.29, 1.82) is 0 Å². The first-order valence-corrected chi connectivity index (χ1v) is 8.14. The molecule has 7 nitrogen and oxygen atoms in total. The van der Waals surface area contributed by atoms with Gasteiger partial charge in [0.05, 0.1) is 11.0 Å². The summed E-state index contributed by atoms with van der Waals surface area (Å²) in [6.45, 7) is 5.34. The van der Waals surface area contributed by atoms with Crippen LogP contribution in [-0.2, 0) is 16.2 Å². The molecule has 1 unspecified atom stereocenters. The minimum atomic E-state index is -0.455. The Balaban J connectivity index is 1.83. The maximum absolute atomic E-state index is 12.9. The topological polar surface area (TPSA) is 78.7 Å². The molecule has 1 saturated heterocycles. The maximum Gasteiger partial charge on any atom is 0.245 e. The lowest BCUT2D eigenvalue weighted by atomic mass is 10.2. The van der Waals surface area contributed by atoms with Crippen LogP contribution in [0, 0.1) is 0 Å². The van der Waals surface area contributed by atoms with Gasteiger partial charge in [0.25, 0.3) is 0 Å². The van der Waals surface area contributed by atoms with Crippen molar-refractivity contribution in [2.75, 3.05) is 26.2 Å². The second-order valence-electron chi connectivity index (χ2n) is 6.05. The summed E-state index contributed by atoms with van der Waals surface area (Å²) >= 11 is 0. The molecule has 1 aromatic heterocycles. The summed E-state index contributed by atoms with van der Waals surface area (Å²) in [7, 11) is 0. The van der Waals surface area contributed by atoms with Gasteiger partial charge in [-0.1, -0.05) is 12.1 Å². The first-order chi connectivity index (χ1) is 11.5. The molecule has 0 spiro atoms. The van der Waals surface area contributed by atoms with E-state index in [1.807, 2.05) is 31.2 Å². The Hall–Kier alpha value is -2.41. The van der Waals surface area contributed by atoms with E-state index in [-0.39, 0.29) is 18.4 Å². The number of amides is 2. The maximum atomic E-state index is 12.9. The molecule has 2 aromatic rings. The Labute approximate surface area is 140 Å². The van der Waals surface area contributed by atoms with Crippen LogP contribution >= 0.6 is 0 Å². The molecule has 1 aromatic carbocycles. The number of imidazole rings is 1. The van der Waals surface area contributed by atoms with Gasteiger partial charge in [-0.2, -0.15) is 0 Å². The number of hydrogen-bond acceptors (Lipinski definition) is 4. The highest BCUT2D eigenvalue weighted by Gasteiger charge is 2.28. The Morgan fingerprint density at radius 2 is 1.79 bits per heavy atom. The highest BCUT2D eigenvalue weighted by atomic mass is 16.3. The van der Waals surface area contributed by atoms with Crippen molar-refractivity contribution in [3.8, 4) is 0 Å². The third kappa shape index (κ3) is 2.87. The Morgan fingerprint density at radius 1 is 1.17 bits per heavy atom. The molecule has 0 bridgehead atoms. The van der Waals surface area contributed by atoms with E-state index in [1.54, 1.807) is 21.3 Å². The number of aromatic nitrogens is 2. The van der Waals surface area contributed by atoms with E-state index in [0.717, 1.165) is 11.0 Å². The molecule has 3 rings (SSSR count). The molecule has 0 aliphatic carbocycles. The van der Waals surface area contributed by atoms with Crippen LogP contribution in [0.1, 0.15) is 25.7 Å². The normalized spacial score (nSPS) is 16.5. The quantitative estimate of drug-likeness (QED) is 0.902. The zero-order chi connectivity index (χ0) is 17.3. The molecule has 2 heterocycles. The van der Waals surface area contributed by atoms with Crippen LogP contribution in [-0.4, -0.2) is 62.5 Å². The molecule has 0 saturated carbocycles. The van der Waals surface area contributed by atoms with E-state index in [1.165, 1.54) is 0 Å². The predicted octanol–water partition coefficient (Wildman–Crippen LogP) is 0.780. The van der Waals surface area contributed by atoms with Crippen LogP contribution in [0.15, 0.2) is 24.3 Å². The van der Waals surface area contributed by atoms with E-state index in [9.17, 15) is 14.7 Å². The summed E-state index contributed by atoms with van der Waals surface area (Å²) in [6, 6.07) is 7.09. The number of fused-ring (bicyclic) bond motifs is 1. The Kier molecular flexibility index (Phi) is 4.53. The van der Waals surface area contributed by atoms with Crippen LogP contribution in [0.2, 0.25) is 0 Å². The third-order valence-corrected chi connectivity index (χ3v) is 4.59. The largest absolute Gasteiger partial charge is 0.388 e. The molecule has 2 amide bonds. The zero-order valence-electron chi connectivity index (χ0n) is 14.0. The van der Waals surface area contributed by atoms with E-state index >= 15 is 0 Å². The SMILES string of the molecule is CC(=O)N1CCN(C(=O)C(C)n2c(CO)nc3ccccc32)CC1. The van der Waals surface area contributed by atoms with Crippen molar-refractivity contribution >= 4 is 22.8 Å². The van der Waals surface area contributed by atoms with Gasteiger partial charge < -0.3 is 19.5 Å². The van der Waals surface area contributed by atoms with Crippen LogP contribution in [0.3, 0.4) is 0 Å². The molecule has 1 N–H and O–H groups in total. The second-order valence-corrected chi connectivity index (χ2v) is 6.05. The van der Waals surface area contributed by atoms with Crippen molar-refractivity contribution < 1.29 is 14.7 Å².